The van der Waals surface area contributed by atoms with E-state index in [-0.39, 0.29) is 5.56 Å². The summed E-state index contributed by atoms with van der Waals surface area (Å²) >= 11 is 0. The number of fused-ring (bicyclic) bond motifs is 1. The highest BCUT2D eigenvalue weighted by Crippen LogP contribution is 2.18. The molecule has 1 aromatic rings. The van der Waals surface area contributed by atoms with Crippen LogP contribution < -0.4 is 5.56 Å². The Hall–Kier alpha value is -1.05. The van der Waals surface area contributed by atoms with Crippen LogP contribution in [0.4, 0.5) is 0 Å². The molecule has 0 N–H and O–H groups in total. The maximum absolute atomic E-state index is 11.3. The molecule has 0 amide bonds. The van der Waals surface area contributed by atoms with E-state index < -0.39 is 0 Å². The molecule has 0 unspecified atom stereocenters. The van der Waals surface area contributed by atoms with Crippen LogP contribution in [0.5, 0.6) is 0 Å². The zero-order valence-electron chi connectivity index (χ0n) is 7.34. The first-order chi connectivity index (χ1) is 5.79. The van der Waals surface area contributed by atoms with Crippen LogP contribution in [0, 0.1) is 0 Å². The van der Waals surface area contributed by atoms with E-state index in [4.69, 9.17) is 0 Å². The molecule has 1 aliphatic rings. The van der Waals surface area contributed by atoms with Gasteiger partial charge in [0.25, 0.3) is 0 Å². The minimum Gasteiger partial charge on any atom is -0.315 e. The molecule has 0 saturated carbocycles. The number of pyridine rings is 1. The fourth-order valence-corrected chi connectivity index (χ4v) is 1.89. The summed E-state index contributed by atoms with van der Waals surface area (Å²) in [7, 11) is 1.87. The summed E-state index contributed by atoms with van der Waals surface area (Å²) in [6, 6.07) is 3.65. The Labute approximate surface area is 71.8 Å². The standard InChI is InChI=1S/C10H13NO/c1-11-9-5-3-2-4-8(9)6-7-10(11)12/h6-7H,2-5H2,1H3. The van der Waals surface area contributed by atoms with Crippen LogP contribution in [0.25, 0.3) is 0 Å². The quantitative estimate of drug-likeness (QED) is 0.564. The van der Waals surface area contributed by atoms with E-state index in [2.05, 4.69) is 0 Å². The Kier molecular flexibility index (Phi) is 1.75. The monoisotopic (exact) mass is 163 g/mol. The van der Waals surface area contributed by atoms with Crippen LogP contribution in [0.3, 0.4) is 0 Å². The van der Waals surface area contributed by atoms with E-state index in [1.54, 1.807) is 10.6 Å². The fourth-order valence-electron chi connectivity index (χ4n) is 1.89. The third-order valence-corrected chi connectivity index (χ3v) is 2.64. The predicted octanol–water partition coefficient (Wildman–Crippen LogP) is 1.26. The summed E-state index contributed by atoms with van der Waals surface area (Å²) in [6.45, 7) is 0. The van der Waals surface area contributed by atoms with Gasteiger partial charge in [-0.3, -0.25) is 4.79 Å². The maximum Gasteiger partial charge on any atom is 0.250 e. The van der Waals surface area contributed by atoms with Crippen LogP contribution >= 0.6 is 0 Å². The van der Waals surface area contributed by atoms with Crippen molar-refractivity contribution in [1.82, 2.24) is 4.57 Å². The second-order valence-electron chi connectivity index (χ2n) is 3.41. The van der Waals surface area contributed by atoms with Gasteiger partial charge in [0.15, 0.2) is 0 Å². The summed E-state index contributed by atoms with van der Waals surface area (Å²) < 4.78 is 1.79. The van der Waals surface area contributed by atoms with Crippen molar-refractivity contribution < 1.29 is 0 Å². The fraction of sp³-hybridized carbons (Fsp3) is 0.500. The Bertz CT molecular complexity index is 351. The van der Waals surface area contributed by atoms with Crippen molar-refractivity contribution >= 4 is 0 Å². The molecule has 1 aliphatic carbocycles. The molecular weight excluding hydrogens is 150 g/mol. The molecule has 0 atom stereocenters. The van der Waals surface area contributed by atoms with Gasteiger partial charge in [-0.05, 0) is 31.2 Å². The zero-order valence-corrected chi connectivity index (χ0v) is 7.34. The van der Waals surface area contributed by atoms with E-state index in [1.807, 2.05) is 13.1 Å². The van der Waals surface area contributed by atoms with E-state index in [1.165, 1.54) is 24.1 Å². The molecule has 2 rings (SSSR count). The molecule has 2 nitrogen and oxygen atoms in total. The van der Waals surface area contributed by atoms with Crippen molar-refractivity contribution in [1.29, 1.82) is 0 Å². The summed E-state index contributed by atoms with van der Waals surface area (Å²) in [5, 5.41) is 0. The minimum atomic E-state index is 0.121. The summed E-state index contributed by atoms with van der Waals surface area (Å²) in [6.07, 6.45) is 4.71. The molecule has 2 heteroatoms. The van der Waals surface area contributed by atoms with Crippen LogP contribution in [0.2, 0.25) is 0 Å². The number of aromatic nitrogens is 1. The second kappa shape index (κ2) is 2.77. The highest BCUT2D eigenvalue weighted by molar-refractivity contribution is 5.23. The average molecular weight is 163 g/mol. The highest BCUT2D eigenvalue weighted by Gasteiger charge is 2.11. The van der Waals surface area contributed by atoms with E-state index in [0.717, 1.165) is 12.8 Å². The van der Waals surface area contributed by atoms with Crippen molar-refractivity contribution in [3.05, 3.63) is 33.7 Å². The highest BCUT2D eigenvalue weighted by atomic mass is 16.1. The molecular formula is C10H13NO. The van der Waals surface area contributed by atoms with Crippen molar-refractivity contribution in [2.75, 3.05) is 0 Å². The molecule has 0 aliphatic heterocycles. The average Bonchev–Trinajstić information content (AvgIpc) is 2.12. The molecule has 0 fully saturated rings. The molecule has 0 bridgehead atoms. The van der Waals surface area contributed by atoms with Crippen LogP contribution in [-0.2, 0) is 19.9 Å². The first-order valence-electron chi connectivity index (χ1n) is 4.47. The van der Waals surface area contributed by atoms with E-state index in [0.29, 0.717) is 0 Å². The lowest BCUT2D eigenvalue weighted by Gasteiger charge is -2.17. The second-order valence-corrected chi connectivity index (χ2v) is 3.41. The van der Waals surface area contributed by atoms with Gasteiger partial charge in [0, 0.05) is 18.8 Å². The zero-order chi connectivity index (χ0) is 8.55. The molecule has 0 aromatic carbocycles. The Morgan fingerprint density at radius 1 is 1.25 bits per heavy atom. The molecule has 0 spiro atoms. The van der Waals surface area contributed by atoms with E-state index >= 15 is 0 Å². The summed E-state index contributed by atoms with van der Waals surface area (Å²) in [4.78, 5) is 11.3. The third kappa shape index (κ3) is 1.07. The van der Waals surface area contributed by atoms with Gasteiger partial charge in [0.05, 0.1) is 0 Å². The van der Waals surface area contributed by atoms with Crippen LogP contribution in [0.15, 0.2) is 16.9 Å². The number of hydrogen-bond acceptors (Lipinski definition) is 1. The van der Waals surface area contributed by atoms with Crippen molar-refractivity contribution in [2.45, 2.75) is 25.7 Å². The Morgan fingerprint density at radius 2 is 2.00 bits per heavy atom. The number of hydrogen-bond donors (Lipinski definition) is 0. The Balaban J connectivity index is 2.61. The number of aryl methyl sites for hydroxylation is 1. The largest absolute Gasteiger partial charge is 0.315 e. The molecule has 1 aromatic heterocycles. The number of nitrogens with zero attached hydrogens (tertiary/aromatic N) is 1. The molecule has 64 valence electrons. The predicted molar refractivity (Wildman–Crippen MR) is 48.3 cm³/mol. The first kappa shape index (κ1) is 7.59. The van der Waals surface area contributed by atoms with Gasteiger partial charge in [0.1, 0.15) is 0 Å². The van der Waals surface area contributed by atoms with Gasteiger partial charge in [-0.1, -0.05) is 6.07 Å². The molecule has 12 heavy (non-hydrogen) atoms. The summed E-state index contributed by atoms with van der Waals surface area (Å²) in [5.74, 6) is 0. The maximum atomic E-state index is 11.3. The number of rotatable bonds is 0. The van der Waals surface area contributed by atoms with Gasteiger partial charge in [0.2, 0.25) is 5.56 Å². The normalized spacial score (nSPS) is 15.8. The topological polar surface area (TPSA) is 22.0 Å². The lowest BCUT2D eigenvalue weighted by atomic mass is 9.96. The molecule has 0 radical (unpaired) electrons. The lowest BCUT2D eigenvalue weighted by Crippen LogP contribution is -2.22. The minimum absolute atomic E-state index is 0.121. The van der Waals surface area contributed by atoms with Crippen molar-refractivity contribution in [3.8, 4) is 0 Å². The van der Waals surface area contributed by atoms with Gasteiger partial charge in [-0.25, -0.2) is 0 Å². The SMILES string of the molecule is Cn1c2c(ccc1=O)CCCC2. The van der Waals surface area contributed by atoms with Crippen molar-refractivity contribution in [2.24, 2.45) is 7.05 Å². The van der Waals surface area contributed by atoms with Crippen LogP contribution in [-0.4, -0.2) is 4.57 Å². The van der Waals surface area contributed by atoms with Gasteiger partial charge < -0.3 is 4.57 Å². The van der Waals surface area contributed by atoms with Crippen molar-refractivity contribution in [3.63, 3.8) is 0 Å². The Morgan fingerprint density at radius 3 is 2.83 bits per heavy atom. The first-order valence-corrected chi connectivity index (χ1v) is 4.47. The third-order valence-electron chi connectivity index (χ3n) is 2.64. The molecule has 0 saturated heterocycles. The van der Waals surface area contributed by atoms with Gasteiger partial charge in [-0.15, -0.1) is 0 Å². The summed E-state index contributed by atoms with van der Waals surface area (Å²) in [5.41, 5.74) is 2.73. The van der Waals surface area contributed by atoms with Crippen LogP contribution in [0.1, 0.15) is 24.1 Å². The molecule has 1 heterocycles. The van der Waals surface area contributed by atoms with E-state index in [9.17, 15) is 4.79 Å². The van der Waals surface area contributed by atoms with Gasteiger partial charge >= 0.3 is 0 Å². The van der Waals surface area contributed by atoms with Gasteiger partial charge in [-0.2, -0.15) is 0 Å². The lowest BCUT2D eigenvalue weighted by molar-refractivity contribution is 0.623. The smallest absolute Gasteiger partial charge is 0.250 e.